The first-order valence-electron chi connectivity index (χ1n) is 45.1. The number of nitrogens with zero attached hydrogens (tertiary/aromatic N) is 22. The monoisotopic (exact) mass is 1900 g/mol. The van der Waals surface area contributed by atoms with Crippen LogP contribution in [0.15, 0.2) is 232 Å². The second-order valence-corrected chi connectivity index (χ2v) is 33.1. The Morgan fingerprint density at radius 3 is 1.23 bits per heavy atom. The van der Waals surface area contributed by atoms with Crippen LogP contribution >= 0.6 is 0 Å². The number of aryl methyl sites for hydroxylation is 10. The molecule has 718 valence electrons. The predicted octanol–water partition coefficient (Wildman–Crippen LogP) is 21.0. The number of rotatable bonds is 14. The van der Waals surface area contributed by atoms with Crippen LogP contribution in [0.25, 0.3) is 122 Å². The van der Waals surface area contributed by atoms with Gasteiger partial charge in [0.05, 0.1) is 157 Å². The van der Waals surface area contributed by atoms with Crippen molar-refractivity contribution < 1.29 is 55.8 Å². The van der Waals surface area contributed by atoms with Crippen molar-refractivity contribution in [3.8, 4) is 81.7 Å². The average molecular weight is 1900 g/mol. The molecule has 34 heteroatoms. The molecule has 1 saturated carbocycles. The van der Waals surface area contributed by atoms with Gasteiger partial charge in [-0.3, -0.25) is 9.55 Å². The number of imidazole rings is 1. The lowest BCUT2D eigenvalue weighted by atomic mass is 10.1. The van der Waals surface area contributed by atoms with E-state index in [1.54, 1.807) is 115 Å². The van der Waals surface area contributed by atoms with Gasteiger partial charge in [-0.25, -0.2) is 49.5 Å². The number of hydrogen-bond donors (Lipinski definition) is 0. The summed E-state index contributed by atoms with van der Waals surface area (Å²) >= 11 is 0. The zero-order valence-corrected chi connectivity index (χ0v) is 81.4. The van der Waals surface area contributed by atoms with Crippen LogP contribution in [-0.2, 0) is 10.9 Å². The van der Waals surface area contributed by atoms with Crippen LogP contribution < -0.4 is 42.8 Å². The maximum atomic E-state index is 12.6. The van der Waals surface area contributed by atoms with Crippen LogP contribution in [0, 0.1) is 69.2 Å². The van der Waals surface area contributed by atoms with Gasteiger partial charge in [-0.05, 0) is 242 Å². The highest BCUT2D eigenvalue weighted by Gasteiger charge is 2.36. The number of halogens is 3. The van der Waals surface area contributed by atoms with E-state index in [2.05, 4.69) is 139 Å². The fraction of sp³-hybridized carbons (Fsp3) is 0.243. The van der Waals surface area contributed by atoms with Crippen LogP contribution in [0.2, 0.25) is 0 Å². The van der Waals surface area contributed by atoms with E-state index in [-0.39, 0.29) is 11.4 Å². The maximum Gasteiger partial charge on any atom is 0.451 e. The van der Waals surface area contributed by atoms with Gasteiger partial charge in [0.1, 0.15) is 18.0 Å². The number of alkyl halides is 3. The molecule has 1 saturated heterocycles. The minimum absolute atomic E-state index is 0.0598. The predicted molar refractivity (Wildman–Crippen MR) is 539 cm³/mol. The van der Waals surface area contributed by atoms with Gasteiger partial charge in [0.15, 0.2) is 11.6 Å². The smallest absolute Gasteiger partial charge is 0.451 e. The van der Waals surface area contributed by atoms with Crippen molar-refractivity contribution in [2.24, 2.45) is 0 Å². The van der Waals surface area contributed by atoms with Gasteiger partial charge < -0.3 is 47.5 Å². The molecule has 0 atom stereocenters. The first kappa shape index (κ1) is 98.7. The summed E-state index contributed by atoms with van der Waals surface area (Å²) in [5.74, 6) is 8.43. The van der Waals surface area contributed by atoms with Crippen molar-refractivity contribution >= 4 is 93.2 Å². The molecule has 0 amide bonds. The maximum absolute atomic E-state index is 12.6. The highest BCUT2D eigenvalue weighted by molar-refractivity contribution is 5.91. The molecule has 11 aromatic heterocycles. The number of hydrogen-bond acceptors (Lipinski definition) is 29. The van der Waals surface area contributed by atoms with Gasteiger partial charge in [0.2, 0.25) is 64.8 Å². The third-order valence-corrected chi connectivity index (χ3v) is 22.8. The molecule has 20 aromatic rings. The normalized spacial score (nSPS) is 12.0. The zero-order chi connectivity index (χ0) is 99.5. The average Bonchev–Trinajstić information content (AvgIpc) is 1.75. The van der Waals surface area contributed by atoms with Crippen LogP contribution in [0.5, 0.6) is 47.0 Å². The quantitative estimate of drug-likeness (QED) is 0.0976. The van der Waals surface area contributed by atoms with Crippen molar-refractivity contribution in [2.75, 3.05) is 88.1 Å². The van der Waals surface area contributed by atoms with Crippen LogP contribution in [0.3, 0.4) is 0 Å². The van der Waals surface area contributed by atoms with Crippen molar-refractivity contribution in [3.63, 3.8) is 0 Å². The highest BCUT2D eigenvalue weighted by atomic mass is 19.4. The number of methoxy groups -OCH3 is 8. The zero-order valence-electron chi connectivity index (χ0n) is 81.4. The number of morpholine rings is 1. The lowest BCUT2D eigenvalue weighted by molar-refractivity contribution is -0.145. The molecule has 1 aliphatic carbocycles. The van der Waals surface area contributed by atoms with Gasteiger partial charge in [-0.2, -0.15) is 58.1 Å². The second kappa shape index (κ2) is 45.0. The second-order valence-electron chi connectivity index (χ2n) is 33.1. The Morgan fingerprint density at radius 1 is 0.312 bits per heavy atom. The number of para-hydroxylation sites is 1. The van der Waals surface area contributed by atoms with Crippen LogP contribution in [-0.4, -0.2) is 187 Å². The van der Waals surface area contributed by atoms with Gasteiger partial charge in [-0.15, -0.1) is 0 Å². The lowest BCUT2D eigenvalue weighted by Crippen LogP contribution is -2.37. The molecule has 31 nitrogen and oxygen atoms in total. The van der Waals surface area contributed by atoms with E-state index < -0.39 is 12.0 Å². The third-order valence-electron chi connectivity index (χ3n) is 22.8. The SMILES string of the molecule is COc1nc(-c2ccccc2)nc2ccccc12.COc1nc(-c2ccncc2)nc2cc(C)ccc12.COc1nc(-n2cccn2)nc2cc(C)ccc12.COc1nc(-n2ccnc2)nc2cc(C)ccc12.COc1nc(C(F)(F)F)nc2cc(C)c(C)cc12.COc1nc(C)nc2ccc(C)cc12.COc1nc(C2CC2)nc2cc(C)c(C)cc12.COc1nc(N2CCOCC2)nc2cc(C)ccc12. The van der Waals surface area contributed by atoms with Crippen LogP contribution in [0.1, 0.15) is 86.3 Å². The summed E-state index contributed by atoms with van der Waals surface area (Å²) in [6.07, 6.45) is 9.94. The first-order valence-corrected chi connectivity index (χ1v) is 45.1. The molecule has 0 spiro atoms. The molecule has 0 bridgehead atoms. The summed E-state index contributed by atoms with van der Waals surface area (Å²) in [6, 6.07) is 61.1. The molecule has 0 unspecified atom stereocenters. The molecule has 0 radical (unpaired) electrons. The first-order chi connectivity index (χ1) is 68.2. The topological polar surface area (TPSA) is 341 Å². The summed E-state index contributed by atoms with van der Waals surface area (Å²) in [6.45, 7) is 23.0. The Morgan fingerprint density at radius 2 is 0.723 bits per heavy atom. The number of aromatic nitrogens is 21. The van der Waals surface area contributed by atoms with E-state index >= 15 is 0 Å². The van der Waals surface area contributed by atoms with E-state index in [1.165, 1.54) is 42.2 Å². The molecule has 2 aliphatic rings. The summed E-state index contributed by atoms with van der Waals surface area (Å²) < 4.78 is 88.9. The highest BCUT2D eigenvalue weighted by Crippen LogP contribution is 2.41. The van der Waals surface area contributed by atoms with Crippen molar-refractivity contribution in [3.05, 3.63) is 299 Å². The van der Waals surface area contributed by atoms with Crippen molar-refractivity contribution in [2.45, 2.75) is 94.2 Å². The van der Waals surface area contributed by atoms with E-state index in [1.807, 2.05) is 206 Å². The minimum Gasteiger partial charge on any atom is -0.480 e. The molecule has 9 aromatic carbocycles. The molecule has 12 heterocycles. The fourth-order valence-electron chi connectivity index (χ4n) is 15.0. The van der Waals surface area contributed by atoms with Gasteiger partial charge in [0.25, 0.3) is 5.95 Å². The molecular weight excluding hydrogens is 1790 g/mol. The summed E-state index contributed by atoms with van der Waals surface area (Å²) in [4.78, 5) is 79.8. The Bertz CT molecular complexity index is 7680. The van der Waals surface area contributed by atoms with E-state index in [9.17, 15) is 13.2 Å². The lowest BCUT2D eigenvalue weighted by Gasteiger charge is -2.27. The number of fused-ring (bicyclic) bond motifs is 8. The molecule has 22 rings (SSSR count). The van der Waals surface area contributed by atoms with Crippen molar-refractivity contribution in [1.29, 1.82) is 0 Å². The molecule has 1 aliphatic heterocycles. The van der Waals surface area contributed by atoms with E-state index in [0.717, 1.165) is 159 Å². The van der Waals surface area contributed by atoms with Gasteiger partial charge >= 0.3 is 6.18 Å². The largest absolute Gasteiger partial charge is 0.480 e. The Balaban J connectivity index is 0.000000122. The Hall–Kier alpha value is -16.8. The van der Waals surface area contributed by atoms with Crippen molar-refractivity contribution in [1.82, 2.24) is 104 Å². The summed E-state index contributed by atoms with van der Waals surface area (Å²) in [7, 11) is 12.7. The molecule has 141 heavy (non-hydrogen) atoms. The van der Waals surface area contributed by atoms with E-state index in [0.29, 0.717) is 76.0 Å². The van der Waals surface area contributed by atoms with Crippen LogP contribution in [0.4, 0.5) is 19.1 Å². The number of anilines is 1. The standard InChI is InChI=1S/C15H13N3O.C15H12N2O.C14H17N3O2.C14H16N2O.2C13H12N4O.C12H11F3N2O.C11H12N2O/c1-10-3-4-12-13(9-10)17-14(18-15(12)19-2)11-5-7-16-8-6-11;1-18-15-12-9-5-6-10-13(12)16-14(17-15)11-7-3-2-4-8-11;1-10-3-4-11-12(9-10)15-14(16-13(11)18-2)17-5-7-19-8-6-17;1-8-6-11-12(7-9(8)2)15-13(10-4-5-10)16-14(11)17-3;1-9-4-5-10-11(8-9)15-13(16-12(10)18-2)17-7-3-6-14-17;1-9-3-4-10-11(7-9)15-13(16-12(10)18-2)17-6-5-14-8-17;1-6-4-8-9(5-7(6)2)16-11(12(13,14)15)17-10(8)18-3;1-7-4-5-10-9(6-7)11(14-3)13-8(2)12-10/h3-9H,1-2H3;2-10H,1H3;3-4,9H,5-8H2,1-2H3;6-7,10H,4-5H2,1-3H3;2*3-8H,1-2H3;4-5H,1-3H3;4-6H,1-3H3. The molecule has 2 fully saturated rings. The number of benzene rings is 9. The fourth-order valence-corrected chi connectivity index (χ4v) is 15.0. The third kappa shape index (κ3) is 24.1. The number of pyridine rings is 1. The number of ether oxygens (including phenoxy) is 9. The van der Waals surface area contributed by atoms with Gasteiger partial charge in [0, 0.05) is 67.3 Å². The summed E-state index contributed by atoms with van der Waals surface area (Å²) in [5.41, 5.74) is 18.7. The minimum atomic E-state index is -4.58. The Kier molecular flexibility index (Phi) is 31.5. The molecular formula is C107H105F3N22O9. The Labute approximate surface area is 811 Å². The summed E-state index contributed by atoms with van der Waals surface area (Å²) in [5, 5.41) is 11.2. The van der Waals surface area contributed by atoms with Gasteiger partial charge in [-0.1, -0.05) is 78.4 Å². The van der Waals surface area contributed by atoms with E-state index in [4.69, 9.17) is 42.6 Å². The molecule has 0 N–H and O–H groups in total.